The number of rotatable bonds is 6. The summed E-state index contributed by atoms with van der Waals surface area (Å²) in [6, 6.07) is 2.74. The Kier molecular flexibility index (Phi) is 5.73. The lowest BCUT2D eigenvalue weighted by molar-refractivity contribution is 0.233. The number of carbonyl (C=O) groups excluding carboxylic acids is 1. The van der Waals surface area contributed by atoms with Gasteiger partial charge in [0, 0.05) is 24.9 Å². The number of carbonyl (C=O) groups is 1. The Morgan fingerprint density at radius 1 is 1.38 bits per heavy atom. The monoisotopic (exact) mass is 338 g/mol. The van der Waals surface area contributed by atoms with Crippen LogP contribution in [0.5, 0.6) is 5.75 Å². The van der Waals surface area contributed by atoms with Gasteiger partial charge in [0.15, 0.2) is 11.6 Å². The molecule has 0 unspecified atom stereocenters. The van der Waals surface area contributed by atoms with Crippen molar-refractivity contribution in [3.05, 3.63) is 47.3 Å². The first-order valence-electron chi connectivity index (χ1n) is 7.49. The summed E-state index contributed by atoms with van der Waals surface area (Å²) in [4.78, 5) is 11.8. The molecule has 0 saturated heterocycles. The summed E-state index contributed by atoms with van der Waals surface area (Å²) in [6.07, 6.45) is 1.85. The standard InChI is InChI=1S/C16H20F2N4O2/c1-10(13-9-22(3)21-11(13)2)20-16(23)19-6-7-24-12-4-5-14(17)15(18)8-12/h4-5,8-10H,6-7H2,1-3H3,(H2,19,20,23)/t10-/m0/s1. The van der Waals surface area contributed by atoms with Crippen LogP contribution in [0, 0.1) is 18.6 Å². The molecule has 0 aliphatic heterocycles. The lowest BCUT2D eigenvalue weighted by Gasteiger charge is -2.14. The van der Waals surface area contributed by atoms with E-state index in [0.29, 0.717) is 0 Å². The minimum Gasteiger partial charge on any atom is -0.492 e. The molecule has 0 bridgehead atoms. The summed E-state index contributed by atoms with van der Waals surface area (Å²) in [7, 11) is 1.82. The van der Waals surface area contributed by atoms with E-state index in [2.05, 4.69) is 15.7 Å². The van der Waals surface area contributed by atoms with Crippen molar-refractivity contribution in [2.75, 3.05) is 13.2 Å². The number of hydrogen-bond donors (Lipinski definition) is 2. The molecule has 1 atom stereocenters. The Bertz CT molecular complexity index is 718. The van der Waals surface area contributed by atoms with E-state index in [9.17, 15) is 13.6 Å². The Hall–Kier alpha value is -2.64. The maximum atomic E-state index is 13.0. The van der Waals surface area contributed by atoms with Gasteiger partial charge in [0.2, 0.25) is 0 Å². The van der Waals surface area contributed by atoms with Gasteiger partial charge in [-0.3, -0.25) is 4.68 Å². The van der Waals surface area contributed by atoms with E-state index in [-0.39, 0.29) is 31.0 Å². The van der Waals surface area contributed by atoms with E-state index in [1.54, 1.807) is 4.68 Å². The van der Waals surface area contributed by atoms with Gasteiger partial charge in [0.05, 0.1) is 18.3 Å². The number of aryl methyl sites for hydroxylation is 2. The van der Waals surface area contributed by atoms with Gasteiger partial charge in [-0.05, 0) is 26.0 Å². The van der Waals surface area contributed by atoms with Crippen molar-refractivity contribution in [1.82, 2.24) is 20.4 Å². The zero-order valence-corrected chi connectivity index (χ0v) is 13.8. The summed E-state index contributed by atoms with van der Waals surface area (Å²) < 4.78 is 32.7. The molecule has 0 aliphatic rings. The molecule has 2 N–H and O–H groups in total. The van der Waals surface area contributed by atoms with Gasteiger partial charge in [-0.15, -0.1) is 0 Å². The van der Waals surface area contributed by atoms with Crippen LogP contribution >= 0.6 is 0 Å². The highest BCUT2D eigenvalue weighted by Crippen LogP contribution is 2.16. The molecule has 0 saturated carbocycles. The van der Waals surface area contributed by atoms with Crippen LogP contribution in [0.1, 0.15) is 24.2 Å². The second-order valence-electron chi connectivity index (χ2n) is 5.39. The smallest absolute Gasteiger partial charge is 0.315 e. The first-order chi connectivity index (χ1) is 11.4. The van der Waals surface area contributed by atoms with Crippen LogP contribution in [-0.4, -0.2) is 29.0 Å². The third-order valence-corrected chi connectivity index (χ3v) is 3.41. The predicted molar refractivity (Wildman–Crippen MR) is 84.7 cm³/mol. The molecule has 2 aromatic rings. The first kappa shape index (κ1) is 17.7. The molecule has 0 radical (unpaired) electrons. The molecule has 1 heterocycles. The number of urea groups is 1. The SMILES string of the molecule is Cc1nn(C)cc1[C@H](C)NC(=O)NCCOc1ccc(F)c(F)c1. The van der Waals surface area contributed by atoms with Gasteiger partial charge in [-0.1, -0.05) is 0 Å². The van der Waals surface area contributed by atoms with Gasteiger partial charge < -0.3 is 15.4 Å². The highest BCUT2D eigenvalue weighted by molar-refractivity contribution is 5.74. The van der Waals surface area contributed by atoms with Crippen LogP contribution in [0.2, 0.25) is 0 Å². The summed E-state index contributed by atoms with van der Waals surface area (Å²) in [5.74, 6) is -1.70. The molecule has 8 heteroatoms. The van der Waals surface area contributed by atoms with Crippen molar-refractivity contribution in [3.8, 4) is 5.75 Å². The molecule has 0 fully saturated rings. The lowest BCUT2D eigenvalue weighted by atomic mass is 10.1. The quantitative estimate of drug-likeness (QED) is 0.795. The Morgan fingerprint density at radius 3 is 2.75 bits per heavy atom. The van der Waals surface area contributed by atoms with E-state index in [1.165, 1.54) is 6.07 Å². The molecule has 24 heavy (non-hydrogen) atoms. The number of hydrogen-bond acceptors (Lipinski definition) is 3. The summed E-state index contributed by atoms with van der Waals surface area (Å²) >= 11 is 0. The van der Waals surface area contributed by atoms with Crippen LogP contribution in [0.15, 0.2) is 24.4 Å². The van der Waals surface area contributed by atoms with E-state index >= 15 is 0 Å². The van der Waals surface area contributed by atoms with E-state index in [4.69, 9.17) is 4.74 Å². The third-order valence-electron chi connectivity index (χ3n) is 3.41. The zero-order valence-electron chi connectivity index (χ0n) is 13.8. The van der Waals surface area contributed by atoms with Crippen molar-refractivity contribution in [3.63, 3.8) is 0 Å². The largest absolute Gasteiger partial charge is 0.492 e. The van der Waals surface area contributed by atoms with Gasteiger partial charge in [0.1, 0.15) is 12.4 Å². The molecule has 130 valence electrons. The van der Waals surface area contributed by atoms with Crippen LogP contribution in [0.3, 0.4) is 0 Å². The van der Waals surface area contributed by atoms with Gasteiger partial charge in [0.25, 0.3) is 0 Å². The van der Waals surface area contributed by atoms with Gasteiger partial charge >= 0.3 is 6.03 Å². The molecule has 0 aliphatic carbocycles. The van der Waals surface area contributed by atoms with Gasteiger partial charge in [-0.2, -0.15) is 5.10 Å². The Morgan fingerprint density at radius 2 is 2.12 bits per heavy atom. The van der Waals surface area contributed by atoms with Crippen molar-refractivity contribution in [1.29, 1.82) is 0 Å². The normalized spacial score (nSPS) is 11.9. The topological polar surface area (TPSA) is 68.2 Å². The summed E-state index contributed by atoms with van der Waals surface area (Å²) in [6.45, 7) is 4.10. The number of benzene rings is 1. The van der Waals surface area contributed by atoms with Crippen molar-refractivity contribution in [2.24, 2.45) is 7.05 Å². The Labute approximate surface area is 138 Å². The minimum absolute atomic E-state index is 0.138. The molecule has 6 nitrogen and oxygen atoms in total. The average molecular weight is 338 g/mol. The van der Waals surface area contributed by atoms with Crippen LogP contribution in [-0.2, 0) is 7.05 Å². The van der Waals surface area contributed by atoms with Crippen LogP contribution in [0.25, 0.3) is 0 Å². The fourth-order valence-corrected chi connectivity index (χ4v) is 2.27. The fourth-order valence-electron chi connectivity index (χ4n) is 2.27. The molecular formula is C16H20F2N4O2. The highest BCUT2D eigenvalue weighted by Gasteiger charge is 2.14. The van der Waals surface area contributed by atoms with Crippen molar-refractivity contribution >= 4 is 6.03 Å². The van der Waals surface area contributed by atoms with Gasteiger partial charge in [-0.25, -0.2) is 13.6 Å². The van der Waals surface area contributed by atoms with Crippen LogP contribution < -0.4 is 15.4 Å². The van der Waals surface area contributed by atoms with Crippen molar-refractivity contribution < 1.29 is 18.3 Å². The summed E-state index contributed by atoms with van der Waals surface area (Å²) in [5.41, 5.74) is 1.79. The molecule has 1 aromatic carbocycles. The molecule has 2 amide bonds. The van der Waals surface area contributed by atoms with E-state index in [1.807, 2.05) is 27.1 Å². The predicted octanol–water partition coefficient (Wildman–Crippen LogP) is 2.45. The molecular weight excluding hydrogens is 318 g/mol. The molecule has 0 spiro atoms. The first-order valence-corrected chi connectivity index (χ1v) is 7.49. The second-order valence-corrected chi connectivity index (χ2v) is 5.39. The van der Waals surface area contributed by atoms with E-state index in [0.717, 1.165) is 23.4 Å². The molecule has 1 aromatic heterocycles. The number of ether oxygens (including phenoxy) is 1. The van der Waals surface area contributed by atoms with Crippen molar-refractivity contribution in [2.45, 2.75) is 19.9 Å². The fraction of sp³-hybridized carbons (Fsp3) is 0.375. The lowest BCUT2D eigenvalue weighted by Crippen LogP contribution is -2.39. The second kappa shape index (κ2) is 7.76. The summed E-state index contributed by atoms with van der Waals surface area (Å²) in [5, 5.41) is 9.66. The highest BCUT2D eigenvalue weighted by atomic mass is 19.2. The van der Waals surface area contributed by atoms with E-state index < -0.39 is 11.6 Å². The third kappa shape index (κ3) is 4.68. The number of nitrogens with one attached hydrogen (secondary N) is 2. The van der Waals surface area contributed by atoms with Crippen LogP contribution in [0.4, 0.5) is 13.6 Å². The number of amides is 2. The number of aromatic nitrogens is 2. The maximum Gasteiger partial charge on any atom is 0.315 e. The minimum atomic E-state index is -0.973. The Balaban J connectivity index is 1.73. The number of nitrogens with zero attached hydrogens (tertiary/aromatic N) is 2. The maximum absolute atomic E-state index is 13.0. The zero-order chi connectivity index (χ0) is 17.7. The molecule has 2 rings (SSSR count). The average Bonchev–Trinajstić information content (AvgIpc) is 2.86. The number of halogens is 2.